The number of anilines is 1. The summed E-state index contributed by atoms with van der Waals surface area (Å²) in [4.78, 5) is 28.4. The van der Waals surface area contributed by atoms with E-state index in [1.54, 1.807) is 32.2 Å². The Balaban J connectivity index is 1.95. The van der Waals surface area contributed by atoms with Crippen LogP contribution in [0.15, 0.2) is 18.3 Å². The van der Waals surface area contributed by atoms with Gasteiger partial charge in [-0.05, 0) is 52.0 Å². The van der Waals surface area contributed by atoms with Crippen molar-refractivity contribution >= 4 is 11.7 Å². The summed E-state index contributed by atoms with van der Waals surface area (Å²) in [5, 5.41) is 12.9. The highest BCUT2D eigenvalue weighted by Crippen LogP contribution is 2.40. The summed E-state index contributed by atoms with van der Waals surface area (Å²) in [6.07, 6.45) is 3.34. The standard InChI is InChI=1S/C24H35N5O3/c1-15(2)26-20(30)13-29(7)22-17-11-23(3,4)12-19(17)27-21(28-22)18-10-16(8-9-25-18)32-14-24(5,6)31/h8-10,15,31H,11-14H2,1-7H3,(H,26,30). The first kappa shape index (κ1) is 23.9. The lowest BCUT2D eigenvalue weighted by Crippen LogP contribution is -2.39. The van der Waals surface area contributed by atoms with Gasteiger partial charge >= 0.3 is 0 Å². The summed E-state index contributed by atoms with van der Waals surface area (Å²) < 4.78 is 5.72. The molecule has 32 heavy (non-hydrogen) atoms. The minimum Gasteiger partial charge on any atom is -0.490 e. The van der Waals surface area contributed by atoms with E-state index >= 15 is 0 Å². The van der Waals surface area contributed by atoms with Gasteiger partial charge in [-0.3, -0.25) is 9.78 Å². The summed E-state index contributed by atoms with van der Waals surface area (Å²) in [6.45, 7) is 12.1. The summed E-state index contributed by atoms with van der Waals surface area (Å²) in [5.41, 5.74) is 1.82. The van der Waals surface area contributed by atoms with Crippen LogP contribution >= 0.6 is 0 Å². The number of pyridine rings is 1. The highest BCUT2D eigenvalue weighted by molar-refractivity contribution is 5.81. The second-order valence-electron chi connectivity index (χ2n) is 10.4. The first-order chi connectivity index (χ1) is 14.8. The molecule has 0 bridgehead atoms. The number of nitrogens with zero attached hydrogens (tertiary/aromatic N) is 4. The molecule has 0 radical (unpaired) electrons. The van der Waals surface area contributed by atoms with Gasteiger partial charge in [-0.25, -0.2) is 9.97 Å². The topological polar surface area (TPSA) is 100 Å². The molecular weight excluding hydrogens is 406 g/mol. The number of aliphatic hydroxyl groups is 1. The lowest BCUT2D eigenvalue weighted by atomic mass is 9.90. The summed E-state index contributed by atoms with van der Waals surface area (Å²) in [7, 11) is 1.88. The van der Waals surface area contributed by atoms with Crippen molar-refractivity contribution in [2.45, 2.75) is 66.0 Å². The minimum absolute atomic E-state index is 0.0474. The van der Waals surface area contributed by atoms with Crippen molar-refractivity contribution in [2.24, 2.45) is 5.41 Å². The second kappa shape index (κ2) is 9.02. The predicted octanol–water partition coefficient (Wildman–Crippen LogP) is 2.77. The van der Waals surface area contributed by atoms with Crippen LogP contribution in [0.2, 0.25) is 0 Å². The number of fused-ring (bicyclic) bond motifs is 1. The average molecular weight is 442 g/mol. The fourth-order valence-corrected chi connectivity index (χ4v) is 3.81. The van der Waals surface area contributed by atoms with Crippen LogP contribution in [0.4, 0.5) is 5.82 Å². The third-order valence-corrected chi connectivity index (χ3v) is 5.12. The number of likely N-dealkylation sites (N-methyl/N-ethyl adjacent to an activating group) is 1. The molecule has 3 rings (SSSR count). The molecule has 1 aliphatic carbocycles. The van der Waals surface area contributed by atoms with E-state index in [9.17, 15) is 9.90 Å². The highest BCUT2D eigenvalue weighted by Gasteiger charge is 2.34. The second-order valence-corrected chi connectivity index (χ2v) is 10.4. The van der Waals surface area contributed by atoms with Crippen LogP contribution in [0.5, 0.6) is 5.75 Å². The van der Waals surface area contributed by atoms with Crippen LogP contribution in [0.25, 0.3) is 11.5 Å². The fourth-order valence-electron chi connectivity index (χ4n) is 3.81. The smallest absolute Gasteiger partial charge is 0.239 e. The number of aromatic nitrogens is 3. The molecule has 0 saturated heterocycles. The molecule has 2 N–H and O–H groups in total. The van der Waals surface area contributed by atoms with Crippen molar-refractivity contribution in [3.05, 3.63) is 29.6 Å². The fraction of sp³-hybridized carbons (Fsp3) is 0.583. The van der Waals surface area contributed by atoms with Crippen molar-refractivity contribution in [3.8, 4) is 17.3 Å². The summed E-state index contributed by atoms with van der Waals surface area (Å²) >= 11 is 0. The first-order valence-electron chi connectivity index (χ1n) is 11.0. The number of hydrogen-bond acceptors (Lipinski definition) is 7. The number of rotatable bonds is 8. The van der Waals surface area contributed by atoms with Gasteiger partial charge in [0.1, 0.15) is 23.9 Å². The van der Waals surface area contributed by atoms with E-state index in [4.69, 9.17) is 14.7 Å². The Kier molecular flexibility index (Phi) is 6.74. The van der Waals surface area contributed by atoms with E-state index in [1.807, 2.05) is 25.8 Å². The molecule has 1 aliphatic rings. The lowest BCUT2D eigenvalue weighted by molar-refractivity contribution is -0.120. The lowest BCUT2D eigenvalue weighted by Gasteiger charge is -2.22. The largest absolute Gasteiger partial charge is 0.490 e. The van der Waals surface area contributed by atoms with Crippen molar-refractivity contribution in [1.29, 1.82) is 0 Å². The molecule has 0 aromatic carbocycles. The SMILES string of the molecule is CC(C)NC(=O)CN(C)c1nc(-c2cc(OCC(C)(C)O)ccn2)nc2c1CC(C)(C)C2. The maximum atomic E-state index is 12.4. The third-order valence-electron chi connectivity index (χ3n) is 5.12. The van der Waals surface area contributed by atoms with Crippen LogP contribution < -0.4 is 15.0 Å². The van der Waals surface area contributed by atoms with Crippen LogP contribution in [-0.2, 0) is 17.6 Å². The molecule has 0 fully saturated rings. The van der Waals surface area contributed by atoms with Crippen molar-refractivity contribution in [3.63, 3.8) is 0 Å². The van der Waals surface area contributed by atoms with Gasteiger partial charge in [-0.1, -0.05) is 13.8 Å². The Labute approximate surface area is 190 Å². The minimum atomic E-state index is -0.939. The zero-order chi connectivity index (χ0) is 23.7. The molecule has 0 unspecified atom stereocenters. The number of hydrogen-bond donors (Lipinski definition) is 2. The van der Waals surface area contributed by atoms with E-state index < -0.39 is 5.60 Å². The quantitative estimate of drug-likeness (QED) is 0.650. The zero-order valence-electron chi connectivity index (χ0n) is 20.2. The van der Waals surface area contributed by atoms with Gasteiger partial charge in [0.05, 0.1) is 17.8 Å². The molecule has 0 spiro atoms. The normalized spacial score (nSPS) is 14.9. The maximum absolute atomic E-state index is 12.4. The number of amides is 1. The van der Waals surface area contributed by atoms with Crippen molar-refractivity contribution in [2.75, 3.05) is 25.1 Å². The van der Waals surface area contributed by atoms with Crippen LogP contribution in [0.3, 0.4) is 0 Å². The van der Waals surface area contributed by atoms with Crippen molar-refractivity contribution < 1.29 is 14.6 Å². The van der Waals surface area contributed by atoms with Gasteiger partial charge in [0.15, 0.2) is 5.82 Å². The molecule has 2 aromatic rings. The van der Waals surface area contributed by atoms with Crippen molar-refractivity contribution in [1.82, 2.24) is 20.3 Å². The number of ether oxygens (including phenoxy) is 1. The molecule has 0 aliphatic heterocycles. The maximum Gasteiger partial charge on any atom is 0.239 e. The van der Waals surface area contributed by atoms with Gasteiger partial charge in [0, 0.05) is 30.9 Å². The van der Waals surface area contributed by atoms with E-state index in [-0.39, 0.29) is 30.5 Å². The molecular formula is C24H35N5O3. The van der Waals surface area contributed by atoms with Gasteiger partial charge in [0.2, 0.25) is 5.91 Å². The molecule has 0 saturated carbocycles. The first-order valence-corrected chi connectivity index (χ1v) is 11.0. The summed E-state index contributed by atoms with van der Waals surface area (Å²) in [6, 6.07) is 3.61. The zero-order valence-corrected chi connectivity index (χ0v) is 20.2. The van der Waals surface area contributed by atoms with Crippen LogP contribution in [0.1, 0.15) is 52.8 Å². The number of carbonyl (C=O) groups excluding carboxylic acids is 1. The monoisotopic (exact) mass is 441 g/mol. The highest BCUT2D eigenvalue weighted by atomic mass is 16.5. The van der Waals surface area contributed by atoms with Crippen LogP contribution in [-0.4, -0.2) is 57.8 Å². The molecule has 2 heterocycles. The average Bonchev–Trinajstić information content (AvgIpc) is 2.98. The molecule has 2 aromatic heterocycles. The van der Waals surface area contributed by atoms with E-state index in [1.165, 1.54) is 0 Å². The van der Waals surface area contributed by atoms with Gasteiger partial charge < -0.3 is 20.1 Å². The van der Waals surface area contributed by atoms with Gasteiger partial charge in [-0.2, -0.15) is 0 Å². The predicted molar refractivity (Wildman–Crippen MR) is 125 cm³/mol. The Bertz CT molecular complexity index is 982. The van der Waals surface area contributed by atoms with E-state index in [0.29, 0.717) is 17.3 Å². The number of carbonyl (C=O) groups is 1. The third kappa shape index (κ3) is 6.16. The van der Waals surface area contributed by atoms with Gasteiger partial charge in [-0.15, -0.1) is 0 Å². The molecule has 0 atom stereocenters. The summed E-state index contributed by atoms with van der Waals surface area (Å²) in [5.74, 6) is 1.81. The number of nitrogens with one attached hydrogen (secondary N) is 1. The molecule has 8 nitrogen and oxygen atoms in total. The van der Waals surface area contributed by atoms with Gasteiger partial charge in [0.25, 0.3) is 0 Å². The van der Waals surface area contributed by atoms with E-state index in [0.717, 1.165) is 29.9 Å². The Morgan fingerprint density at radius 2 is 2.03 bits per heavy atom. The Hall–Kier alpha value is -2.74. The Morgan fingerprint density at radius 1 is 1.31 bits per heavy atom. The van der Waals surface area contributed by atoms with Crippen LogP contribution in [0, 0.1) is 5.41 Å². The van der Waals surface area contributed by atoms with E-state index in [2.05, 4.69) is 24.1 Å². The Morgan fingerprint density at radius 3 is 2.69 bits per heavy atom. The molecule has 174 valence electrons. The molecule has 1 amide bonds. The molecule has 8 heteroatoms.